The van der Waals surface area contributed by atoms with Crippen LogP contribution in [0.2, 0.25) is 0 Å². The maximum atomic E-state index is 5.85. The van der Waals surface area contributed by atoms with Crippen LogP contribution in [-0.2, 0) is 13.0 Å². The van der Waals surface area contributed by atoms with Gasteiger partial charge in [-0.2, -0.15) is 0 Å². The first-order valence-electron chi connectivity index (χ1n) is 6.94. The molecule has 2 aromatic carbocycles. The topological polar surface area (TPSA) is 47.3 Å². The van der Waals surface area contributed by atoms with Crippen LogP contribution in [0.5, 0.6) is 5.75 Å². The predicted octanol–water partition coefficient (Wildman–Crippen LogP) is 3.15. The van der Waals surface area contributed by atoms with Crippen molar-refractivity contribution in [1.82, 2.24) is 10.3 Å². The Hall–Kier alpha value is -2.33. The van der Waals surface area contributed by atoms with Crippen molar-refractivity contribution < 1.29 is 9.15 Å². The van der Waals surface area contributed by atoms with Crippen LogP contribution in [0.1, 0.15) is 17.0 Å². The van der Waals surface area contributed by atoms with Crippen LogP contribution in [0.25, 0.3) is 11.1 Å². The third kappa shape index (κ3) is 3.06. The summed E-state index contributed by atoms with van der Waals surface area (Å²) in [6.45, 7) is 0.824. The van der Waals surface area contributed by atoms with Crippen LogP contribution < -0.4 is 10.1 Å². The van der Waals surface area contributed by atoms with Crippen molar-refractivity contribution in [2.24, 2.45) is 0 Å². The molecule has 0 radical (unpaired) electrons. The van der Waals surface area contributed by atoms with Gasteiger partial charge >= 0.3 is 0 Å². The van der Waals surface area contributed by atoms with E-state index in [4.69, 9.17) is 9.15 Å². The van der Waals surface area contributed by atoms with Gasteiger partial charge in [-0.05, 0) is 42.4 Å². The van der Waals surface area contributed by atoms with Crippen LogP contribution in [-0.4, -0.2) is 19.1 Å². The number of oxazole rings is 1. The number of hydrogen-bond acceptors (Lipinski definition) is 4. The molecule has 0 spiro atoms. The summed E-state index contributed by atoms with van der Waals surface area (Å²) >= 11 is 0. The Labute approximate surface area is 123 Å². The average Bonchev–Trinajstić information content (AvgIpc) is 2.90. The Morgan fingerprint density at radius 2 is 1.86 bits per heavy atom. The van der Waals surface area contributed by atoms with E-state index < -0.39 is 0 Å². The van der Waals surface area contributed by atoms with Crippen molar-refractivity contribution in [2.45, 2.75) is 13.0 Å². The number of fused-ring (bicyclic) bond motifs is 1. The van der Waals surface area contributed by atoms with Crippen molar-refractivity contribution in [1.29, 1.82) is 0 Å². The van der Waals surface area contributed by atoms with Gasteiger partial charge < -0.3 is 14.5 Å². The Morgan fingerprint density at radius 1 is 1.10 bits per heavy atom. The molecule has 1 N–H and O–H groups in total. The van der Waals surface area contributed by atoms with E-state index in [-0.39, 0.29) is 0 Å². The normalized spacial score (nSPS) is 11.0. The second kappa shape index (κ2) is 5.97. The van der Waals surface area contributed by atoms with E-state index in [1.807, 2.05) is 43.4 Å². The lowest BCUT2D eigenvalue weighted by atomic mass is 10.1. The summed E-state index contributed by atoms with van der Waals surface area (Å²) in [7, 11) is 3.60. The Balaban J connectivity index is 1.83. The quantitative estimate of drug-likeness (QED) is 0.781. The number of hydrogen-bond donors (Lipinski definition) is 1. The van der Waals surface area contributed by atoms with E-state index in [2.05, 4.69) is 16.4 Å². The van der Waals surface area contributed by atoms with Crippen LogP contribution in [0, 0.1) is 0 Å². The molecular weight excluding hydrogens is 264 g/mol. The number of methoxy groups -OCH3 is 1. The highest BCUT2D eigenvalue weighted by atomic mass is 16.5. The molecule has 0 aliphatic heterocycles. The van der Waals surface area contributed by atoms with Crippen molar-refractivity contribution in [3.05, 3.63) is 59.5 Å². The zero-order valence-electron chi connectivity index (χ0n) is 12.2. The number of rotatable bonds is 5. The van der Waals surface area contributed by atoms with Crippen LogP contribution in [0.15, 0.2) is 46.9 Å². The third-order valence-electron chi connectivity index (χ3n) is 3.39. The summed E-state index contributed by atoms with van der Waals surface area (Å²) in [5.41, 5.74) is 4.08. The fourth-order valence-corrected chi connectivity index (χ4v) is 2.32. The minimum Gasteiger partial charge on any atom is -0.497 e. The molecule has 21 heavy (non-hydrogen) atoms. The number of aromatic nitrogens is 1. The van der Waals surface area contributed by atoms with Crippen molar-refractivity contribution in [3.63, 3.8) is 0 Å². The Bertz CT molecular complexity index is 732. The summed E-state index contributed by atoms with van der Waals surface area (Å²) in [6.07, 6.45) is 0.681. The van der Waals surface area contributed by atoms with Gasteiger partial charge in [0.15, 0.2) is 11.5 Å². The fraction of sp³-hybridized carbons (Fsp3) is 0.235. The monoisotopic (exact) mass is 282 g/mol. The number of nitrogens with zero attached hydrogens (tertiary/aromatic N) is 1. The first-order valence-corrected chi connectivity index (χ1v) is 6.94. The summed E-state index contributed by atoms with van der Waals surface area (Å²) in [4.78, 5) is 4.53. The lowest BCUT2D eigenvalue weighted by Crippen LogP contribution is -2.04. The highest BCUT2D eigenvalue weighted by Crippen LogP contribution is 2.20. The molecule has 0 atom stereocenters. The predicted molar refractivity (Wildman–Crippen MR) is 82.6 cm³/mol. The minimum absolute atomic E-state index is 0.681. The van der Waals surface area contributed by atoms with Crippen LogP contribution >= 0.6 is 0 Å². The lowest BCUT2D eigenvalue weighted by molar-refractivity contribution is 0.414. The van der Waals surface area contributed by atoms with E-state index in [1.54, 1.807) is 7.11 Å². The van der Waals surface area contributed by atoms with Gasteiger partial charge in [0.1, 0.15) is 11.3 Å². The van der Waals surface area contributed by atoms with Gasteiger partial charge in [-0.3, -0.25) is 0 Å². The Morgan fingerprint density at radius 3 is 2.57 bits per heavy atom. The van der Waals surface area contributed by atoms with Gasteiger partial charge in [0.2, 0.25) is 0 Å². The van der Waals surface area contributed by atoms with Gasteiger partial charge in [0, 0.05) is 13.0 Å². The largest absolute Gasteiger partial charge is 0.497 e. The van der Waals surface area contributed by atoms with Crippen molar-refractivity contribution >= 4 is 11.1 Å². The molecule has 4 heteroatoms. The van der Waals surface area contributed by atoms with Crippen LogP contribution in [0.4, 0.5) is 0 Å². The summed E-state index contributed by atoms with van der Waals surface area (Å²) in [5, 5.41) is 3.13. The highest BCUT2D eigenvalue weighted by molar-refractivity contribution is 5.73. The third-order valence-corrected chi connectivity index (χ3v) is 3.39. The van der Waals surface area contributed by atoms with E-state index in [0.29, 0.717) is 6.42 Å². The van der Waals surface area contributed by atoms with E-state index in [1.165, 1.54) is 5.56 Å². The second-order valence-corrected chi connectivity index (χ2v) is 4.96. The summed E-state index contributed by atoms with van der Waals surface area (Å²) in [5.74, 6) is 1.59. The highest BCUT2D eigenvalue weighted by Gasteiger charge is 2.07. The molecule has 0 fully saturated rings. The van der Waals surface area contributed by atoms with Crippen molar-refractivity contribution in [3.8, 4) is 5.75 Å². The van der Waals surface area contributed by atoms with E-state index in [9.17, 15) is 0 Å². The van der Waals surface area contributed by atoms with Gasteiger partial charge in [-0.1, -0.05) is 18.2 Å². The average molecular weight is 282 g/mol. The molecule has 1 heterocycles. The second-order valence-electron chi connectivity index (χ2n) is 4.96. The van der Waals surface area contributed by atoms with Crippen molar-refractivity contribution in [2.75, 3.05) is 14.2 Å². The SMILES string of the molecule is CNCc1ccc2nc(Cc3ccc(OC)cc3)oc2c1. The van der Waals surface area contributed by atoms with Gasteiger partial charge in [0.25, 0.3) is 0 Å². The van der Waals surface area contributed by atoms with Gasteiger partial charge in [-0.15, -0.1) is 0 Å². The smallest absolute Gasteiger partial charge is 0.199 e. The maximum absolute atomic E-state index is 5.85. The zero-order chi connectivity index (χ0) is 14.7. The number of ether oxygens (including phenoxy) is 1. The van der Waals surface area contributed by atoms with Gasteiger partial charge in [0.05, 0.1) is 7.11 Å². The molecule has 1 aromatic heterocycles. The molecule has 0 unspecified atom stereocenters. The Kier molecular flexibility index (Phi) is 3.88. The molecule has 4 nitrogen and oxygen atoms in total. The summed E-state index contributed by atoms with van der Waals surface area (Å²) in [6, 6.07) is 14.1. The van der Waals surface area contributed by atoms with E-state index in [0.717, 1.165) is 34.8 Å². The lowest BCUT2D eigenvalue weighted by Gasteiger charge is -2.00. The maximum Gasteiger partial charge on any atom is 0.199 e. The molecule has 0 amide bonds. The number of benzene rings is 2. The number of nitrogens with one attached hydrogen (secondary N) is 1. The molecular formula is C17H18N2O2. The molecule has 0 saturated carbocycles. The van der Waals surface area contributed by atoms with Crippen LogP contribution in [0.3, 0.4) is 0 Å². The summed E-state index contributed by atoms with van der Waals surface area (Å²) < 4.78 is 11.0. The molecule has 3 rings (SSSR count). The molecule has 0 bridgehead atoms. The fourth-order valence-electron chi connectivity index (χ4n) is 2.32. The first kappa shape index (κ1) is 13.6. The zero-order valence-corrected chi connectivity index (χ0v) is 12.2. The molecule has 0 aliphatic rings. The minimum atomic E-state index is 0.681. The molecule has 108 valence electrons. The molecule has 0 saturated heterocycles. The van der Waals surface area contributed by atoms with Gasteiger partial charge in [-0.25, -0.2) is 4.98 Å². The standard InChI is InChI=1S/C17H18N2O2/c1-18-11-13-5-8-15-16(9-13)21-17(19-15)10-12-3-6-14(20-2)7-4-12/h3-9,18H,10-11H2,1-2H3. The molecule has 0 aliphatic carbocycles. The molecule has 3 aromatic rings. The van der Waals surface area contributed by atoms with E-state index >= 15 is 0 Å². The first-order chi connectivity index (χ1) is 10.3.